The van der Waals surface area contributed by atoms with Crippen LogP contribution in [-0.2, 0) is 11.2 Å². The second-order valence-corrected chi connectivity index (χ2v) is 3.62. The Morgan fingerprint density at radius 2 is 2.38 bits per heavy atom. The number of nitrogens with zero attached hydrogens (tertiary/aromatic N) is 1. The van der Waals surface area contributed by atoms with Crippen molar-refractivity contribution in [3.05, 3.63) is 30.4 Å². The Morgan fingerprint density at radius 1 is 1.62 bits per heavy atom. The number of carbonyl (C=O) groups is 1. The molecule has 0 fully saturated rings. The van der Waals surface area contributed by atoms with Gasteiger partial charge in [0.25, 0.3) is 0 Å². The zero-order valence-corrected chi connectivity index (χ0v) is 9.19. The molecule has 1 amide bonds. The molecule has 0 aromatic heterocycles. The number of benzene rings is 1. The van der Waals surface area contributed by atoms with Crippen molar-refractivity contribution in [3.8, 4) is 5.75 Å². The third kappa shape index (κ3) is 1.43. The van der Waals surface area contributed by atoms with E-state index < -0.39 is 0 Å². The topological polar surface area (TPSA) is 55.6 Å². The lowest BCUT2D eigenvalue weighted by Crippen LogP contribution is -2.26. The van der Waals surface area contributed by atoms with Crippen LogP contribution in [0.1, 0.15) is 5.56 Å². The molecule has 2 N–H and O–H groups in total. The predicted octanol–water partition coefficient (Wildman–Crippen LogP) is 1.35. The molecule has 1 aromatic carbocycles. The maximum atomic E-state index is 11.6. The summed E-state index contributed by atoms with van der Waals surface area (Å²) < 4.78 is 5.14. The number of fused-ring (bicyclic) bond motifs is 1. The van der Waals surface area contributed by atoms with E-state index in [1.165, 1.54) is 6.08 Å². The molecule has 2 rings (SSSR count). The summed E-state index contributed by atoms with van der Waals surface area (Å²) in [6.07, 6.45) is 2.08. The Kier molecular flexibility index (Phi) is 2.56. The Labute approximate surface area is 94.3 Å². The number of amides is 1. The van der Waals surface area contributed by atoms with E-state index >= 15 is 0 Å². The van der Waals surface area contributed by atoms with Crippen molar-refractivity contribution in [2.24, 2.45) is 0 Å². The van der Waals surface area contributed by atoms with Crippen LogP contribution in [0.2, 0.25) is 0 Å². The van der Waals surface area contributed by atoms with Gasteiger partial charge in [-0.2, -0.15) is 0 Å². The van der Waals surface area contributed by atoms with Crippen molar-refractivity contribution in [3.63, 3.8) is 0 Å². The Hall–Kier alpha value is -1.97. The zero-order valence-electron chi connectivity index (χ0n) is 9.19. The molecule has 16 heavy (non-hydrogen) atoms. The lowest BCUT2D eigenvalue weighted by molar-refractivity contribution is -0.114. The maximum absolute atomic E-state index is 11.6. The van der Waals surface area contributed by atoms with Crippen molar-refractivity contribution >= 4 is 17.3 Å². The van der Waals surface area contributed by atoms with Gasteiger partial charge in [0.1, 0.15) is 5.75 Å². The van der Waals surface area contributed by atoms with Crippen molar-refractivity contribution in [1.82, 2.24) is 0 Å². The normalized spacial score (nSPS) is 13.4. The van der Waals surface area contributed by atoms with E-state index in [1.54, 1.807) is 18.1 Å². The Morgan fingerprint density at radius 3 is 3.00 bits per heavy atom. The molecule has 0 unspecified atom stereocenters. The van der Waals surface area contributed by atoms with Crippen LogP contribution in [0.4, 0.5) is 11.4 Å². The summed E-state index contributed by atoms with van der Waals surface area (Å²) in [5.41, 5.74) is 8.43. The first kappa shape index (κ1) is 10.5. The van der Waals surface area contributed by atoms with E-state index in [0.29, 0.717) is 18.0 Å². The molecule has 0 radical (unpaired) electrons. The number of anilines is 2. The number of nitrogen functional groups attached to an aromatic ring is 1. The van der Waals surface area contributed by atoms with Crippen LogP contribution in [0.3, 0.4) is 0 Å². The summed E-state index contributed by atoms with van der Waals surface area (Å²) in [6.45, 7) is 4.14. The van der Waals surface area contributed by atoms with E-state index in [1.807, 2.05) is 6.07 Å². The standard InChI is InChI=1S/C12H14N2O2/c1-3-11(15)14-7-6-8-9(14)4-5-10(16-2)12(8)13/h3-5H,1,6-7,13H2,2H3. The van der Waals surface area contributed by atoms with Crippen molar-refractivity contribution in [1.29, 1.82) is 0 Å². The second-order valence-electron chi connectivity index (χ2n) is 3.62. The number of ether oxygens (including phenoxy) is 1. The molecule has 84 valence electrons. The van der Waals surface area contributed by atoms with Crippen molar-refractivity contribution in [2.75, 3.05) is 24.3 Å². The van der Waals surface area contributed by atoms with Crippen LogP contribution in [0.25, 0.3) is 0 Å². The van der Waals surface area contributed by atoms with Gasteiger partial charge in [-0.3, -0.25) is 4.79 Å². The number of hydrogen-bond acceptors (Lipinski definition) is 3. The summed E-state index contributed by atoms with van der Waals surface area (Å²) in [5, 5.41) is 0. The largest absolute Gasteiger partial charge is 0.495 e. The zero-order chi connectivity index (χ0) is 11.7. The van der Waals surface area contributed by atoms with Crippen molar-refractivity contribution in [2.45, 2.75) is 6.42 Å². The molecule has 0 saturated heterocycles. The summed E-state index contributed by atoms with van der Waals surface area (Å²) >= 11 is 0. The molecular weight excluding hydrogens is 204 g/mol. The van der Waals surface area contributed by atoms with Gasteiger partial charge in [-0.15, -0.1) is 0 Å². The summed E-state index contributed by atoms with van der Waals surface area (Å²) in [5.74, 6) is 0.565. The third-order valence-corrected chi connectivity index (χ3v) is 2.83. The van der Waals surface area contributed by atoms with Crippen LogP contribution in [-0.4, -0.2) is 19.6 Å². The molecule has 0 bridgehead atoms. The smallest absolute Gasteiger partial charge is 0.250 e. The van der Waals surface area contributed by atoms with E-state index in [4.69, 9.17) is 10.5 Å². The lowest BCUT2D eigenvalue weighted by atomic mass is 10.1. The monoisotopic (exact) mass is 218 g/mol. The van der Waals surface area contributed by atoms with Crippen LogP contribution in [0.5, 0.6) is 5.75 Å². The first-order valence-electron chi connectivity index (χ1n) is 5.08. The summed E-state index contributed by atoms with van der Waals surface area (Å²) in [6, 6.07) is 3.64. The minimum atomic E-state index is -0.0942. The molecular formula is C12H14N2O2. The van der Waals surface area contributed by atoms with Crippen LogP contribution in [0.15, 0.2) is 24.8 Å². The highest BCUT2D eigenvalue weighted by atomic mass is 16.5. The van der Waals surface area contributed by atoms with E-state index in [2.05, 4.69) is 6.58 Å². The predicted molar refractivity (Wildman–Crippen MR) is 63.7 cm³/mol. The summed E-state index contributed by atoms with van der Waals surface area (Å²) in [7, 11) is 1.58. The average Bonchev–Trinajstić information content (AvgIpc) is 2.73. The maximum Gasteiger partial charge on any atom is 0.250 e. The van der Waals surface area contributed by atoms with Gasteiger partial charge in [0.15, 0.2) is 0 Å². The molecule has 0 saturated carbocycles. The molecule has 1 aliphatic rings. The molecule has 1 heterocycles. The minimum absolute atomic E-state index is 0.0942. The van der Waals surface area contributed by atoms with Crippen molar-refractivity contribution < 1.29 is 9.53 Å². The fourth-order valence-electron chi connectivity index (χ4n) is 2.01. The van der Waals surface area contributed by atoms with E-state index in [-0.39, 0.29) is 5.91 Å². The van der Waals surface area contributed by atoms with Gasteiger partial charge < -0.3 is 15.4 Å². The van der Waals surface area contributed by atoms with Gasteiger partial charge in [0.05, 0.1) is 12.8 Å². The van der Waals surface area contributed by atoms with Crippen LogP contribution < -0.4 is 15.4 Å². The van der Waals surface area contributed by atoms with Gasteiger partial charge in [-0.1, -0.05) is 6.58 Å². The van der Waals surface area contributed by atoms with E-state index in [9.17, 15) is 4.79 Å². The average molecular weight is 218 g/mol. The molecule has 1 aliphatic heterocycles. The minimum Gasteiger partial charge on any atom is -0.495 e. The van der Waals surface area contributed by atoms with Gasteiger partial charge in [-0.05, 0) is 24.6 Å². The highest BCUT2D eigenvalue weighted by Crippen LogP contribution is 2.37. The quantitative estimate of drug-likeness (QED) is 0.602. The number of carbonyl (C=O) groups excluding carboxylic acids is 1. The first-order chi connectivity index (χ1) is 7.69. The first-order valence-corrected chi connectivity index (χ1v) is 5.08. The van der Waals surface area contributed by atoms with Gasteiger partial charge in [0.2, 0.25) is 5.91 Å². The SMILES string of the molecule is C=CC(=O)N1CCc2c1ccc(OC)c2N. The number of nitrogens with two attached hydrogens (primary N) is 1. The molecule has 0 aliphatic carbocycles. The fraction of sp³-hybridized carbons (Fsp3) is 0.250. The van der Waals surface area contributed by atoms with Gasteiger partial charge in [0, 0.05) is 17.8 Å². The molecule has 4 heteroatoms. The molecule has 0 atom stereocenters. The highest BCUT2D eigenvalue weighted by Gasteiger charge is 2.25. The molecule has 4 nitrogen and oxygen atoms in total. The van der Waals surface area contributed by atoms with E-state index in [0.717, 1.165) is 17.7 Å². The lowest BCUT2D eigenvalue weighted by Gasteiger charge is -2.16. The summed E-state index contributed by atoms with van der Waals surface area (Å²) in [4.78, 5) is 13.3. The van der Waals surface area contributed by atoms with Gasteiger partial charge >= 0.3 is 0 Å². The fourth-order valence-corrected chi connectivity index (χ4v) is 2.01. The van der Waals surface area contributed by atoms with Gasteiger partial charge in [-0.25, -0.2) is 0 Å². The Balaban J connectivity index is 2.46. The number of methoxy groups -OCH3 is 1. The highest BCUT2D eigenvalue weighted by molar-refractivity contribution is 6.03. The second kappa shape index (κ2) is 3.89. The van der Waals surface area contributed by atoms with Crippen LogP contribution >= 0.6 is 0 Å². The number of rotatable bonds is 2. The molecule has 1 aromatic rings. The number of hydrogen-bond donors (Lipinski definition) is 1. The van der Waals surface area contributed by atoms with Crippen LogP contribution in [0, 0.1) is 0 Å². The Bertz CT molecular complexity index is 455. The molecule has 0 spiro atoms. The third-order valence-electron chi connectivity index (χ3n) is 2.83.